The van der Waals surface area contributed by atoms with E-state index in [2.05, 4.69) is 0 Å². The van der Waals surface area contributed by atoms with Gasteiger partial charge in [-0.1, -0.05) is 6.92 Å². The van der Waals surface area contributed by atoms with Crippen LogP contribution in [0.4, 0.5) is 0 Å². The summed E-state index contributed by atoms with van der Waals surface area (Å²) >= 11 is 0. The van der Waals surface area contributed by atoms with Crippen molar-refractivity contribution in [1.82, 2.24) is 0 Å². The molecule has 0 aliphatic heterocycles. The second-order valence-electron chi connectivity index (χ2n) is 2.63. The maximum Gasteiger partial charge on any atom is 0.521 e. The average Bonchev–Trinajstić information content (AvgIpc) is 2.12. The molecular weight excluding hydrogens is 228 g/mol. The van der Waals surface area contributed by atoms with E-state index in [4.69, 9.17) is 17.8 Å². The van der Waals surface area contributed by atoms with Crippen molar-refractivity contribution in [2.45, 2.75) is 18.2 Å². The lowest BCUT2D eigenvalue weighted by atomic mass is 10.6. The fourth-order valence-corrected chi connectivity index (χ4v) is 5.82. The summed E-state index contributed by atoms with van der Waals surface area (Å²) < 4.78 is 46.0. The molecule has 0 radical (unpaired) electrons. The van der Waals surface area contributed by atoms with Crippen molar-refractivity contribution >= 4 is 18.9 Å². The summed E-state index contributed by atoms with van der Waals surface area (Å²) in [5.74, 6) is 0. The van der Waals surface area contributed by atoms with Gasteiger partial charge in [0.25, 0.3) is 10.1 Å². The molecule has 0 aromatic carbocycles. The predicted molar refractivity (Wildman–Crippen MR) is 52.4 cm³/mol. The Morgan fingerprint density at radius 2 is 1.57 bits per heavy atom. The van der Waals surface area contributed by atoms with Gasteiger partial charge in [0, 0.05) is 21.3 Å². The molecule has 0 saturated carbocycles. The van der Waals surface area contributed by atoms with Crippen molar-refractivity contribution in [3.63, 3.8) is 0 Å². The van der Waals surface area contributed by atoms with Gasteiger partial charge >= 0.3 is 8.80 Å². The molecule has 14 heavy (non-hydrogen) atoms. The maximum absolute atomic E-state index is 11.0. The molecule has 0 bridgehead atoms. The van der Waals surface area contributed by atoms with Gasteiger partial charge in [-0.15, -0.1) is 0 Å². The van der Waals surface area contributed by atoms with E-state index in [1.165, 1.54) is 21.3 Å². The van der Waals surface area contributed by atoms with Crippen LogP contribution in [0, 0.1) is 0 Å². The van der Waals surface area contributed by atoms with Crippen molar-refractivity contribution < 1.29 is 26.2 Å². The van der Waals surface area contributed by atoms with Gasteiger partial charge in [0.05, 0.1) is 0 Å². The smallest absolute Gasteiger partial charge is 0.376 e. The molecule has 1 unspecified atom stereocenters. The lowest BCUT2D eigenvalue weighted by Crippen LogP contribution is -2.57. The SMILES string of the molecule is CCC([Si](OC)(OC)OC)S(=O)(=O)O. The van der Waals surface area contributed by atoms with Crippen LogP contribution in [0.2, 0.25) is 0 Å². The van der Waals surface area contributed by atoms with E-state index in [0.29, 0.717) is 0 Å². The summed E-state index contributed by atoms with van der Waals surface area (Å²) in [6, 6.07) is 0. The lowest BCUT2D eigenvalue weighted by molar-refractivity contribution is 0.119. The first-order chi connectivity index (χ1) is 6.37. The van der Waals surface area contributed by atoms with Gasteiger partial charge in [-0.25, -0.2) is 0 Å². The van der Waals surface area contributed by atoms with Gasteiger partial charge in [-0.05, 0) is 6.42 Å². The number of hydrogen-bond donors (Lipinski definition) is 1. The highest BCUT2D eigenvalue weighted by Gasteiger charge is 2.53. The van der Waals surface area contributed by atoms with Gasteiger partial charge in [0.15, 0.2) is 4.87 Å². The molecule has 86 valence electrons. The second-order valence-corrected chi connectivity index (χ2v) is 7.77. The Hall–Kier alpha value is 0.00688. The molecule has 0 aliphatic carbocycles. The second kappa shape index (κ2) is 5.19. The van der Waals surface area contributed by atoms with Crippen LogP contribution < -0.4 is 0 Å². The molecule has 8 heteroatoms. The minimum atomic E-state index is -4.22. The van der Waals surface area contributed by atoms with E-state index in [9.17, 15) is 8.42 Å². The van der Waals surface area contributed by atoms with Crippen LogP contribution in [0.15, 0.2) is 0 Å². The summed E-state index contributed by atoms with van der Waals surface area (Å²) in [7, 11) is -3.65. The standard InChI is InChI=1S/C6H16O6SSi/c1-5-6(13(7,8)9)14(10-2,11-3)12-4/h6H,5H2,1-4H3,(H,7,8,9). The fourth-order valence-electron chi connectivity index (χ4n) is 1.29. The predicted octanol–water partition coefficient (Wildman–Crippen LogP) is 0.0701. The third-order valence-electron chi connectivity index (χ3n) is 1.98. The van der Waals surface area contributed by atoms with E-state index >= 15 is 0 Å². The van der Waals surface area contributed by atoms with E-state index in [0.717, 1.165) is 0 Å². The van der Waals surface area contributed by atoms with Gasteiger partial charge in [0.1, 0.15) is 0 Å². The summed E-state index contributed by atoms with van der Waals surface area (Å²) in [5, 5.41) is 0. The molecular formula is C6H16O6SSi. The Bertz CT molecular complexity index is 251. The van der Waals surface area contributed by atoms with Crippen LogP contribution in [0.1, 0.15) is 13.3 Å². The topological polar surface area (TPSA) is 82.1 Å². The molecule has 0 amide bonds. The highest BCUT2D eigenvalue weighted by atomic mass is 32.2. The minimum Gasteiger partial charge on any atom is -0.376 e. The number of rotatable bonds is 6. The molecule has 1 N–H and O–H groups in total. The molecule has 0 aliphatic rings. The van der Waals surface area contributed by atoms with Crippen molar-refractivity contribution in [1.29, 1.82) is 0 Å². The molecule has 0 aromatic rings. The fraction of sp³-hybridized carbons (Fsp3) is 1.00. The Labute approximate surface area is 85.3 Å². The molecule has 0 heterocycles. The largest absolute Gasteiger partial charge is 0.521 e. The van der Waals surface area contributed by atoms with E-state index in [1.807, 2.05) is 0 Å². The zero-order chi connectivity index (χ0) is 11.4. The molecule has 0 fully saturated rings. The first-order valence-electron chi connectivity index (χ1n) is 3.99. The van der Waals surface area contributed by atoms with Crippen LogP contribution in [-0.4, -0.2) is 48.0 Å². The van der Waals surface area contributed by atoms with Crippen molar-refractivity contribution in [2.75, 3.05) is 21.3 Å². The van der Waals surface area contributed by atoms with Gasteiger partial charge in [-0.2, -0.15) is 8.42 Å². The van der Waals surface area contributed by atoms with Gasteiger partial charge in [-0.3, -0.25) is 4.55 Å². The zero-order valence-corrected chi connectivity index (χ0v) is 10.5. The molecule has 1 atom stereocenters. The molecule has 6 nitrogen and oxygen atoms in total. The van der Waals surface area contributed by atoms with Crippen LogP contribution in [0.3, 0.4) is 0 Å². The van der Waals surface area contributed by atoms with Gasteiger partial charge < -0.3 is 13.3 Å². The van der Waals surface area contributed by atoms with E-state index in [1.54, 1.807) is 6.92 Å². The Morgan fingerprint density at radius 3 is 1.64 bits per heavy atom. The first-order valence-corrected chi connectivity index (χ1v) is 7.30. The lowest BCUT2D eigenvalue weighted by Gasteiger charge is -2.29. The van der Waals surface area contributed by atoms with Gasteiger partial charge in [0.2, 0.25) is 0 Å². The summed E-state index contributed by atoms with van der Waals surface area (Å²) in [4.78, 5) is -1.14. The van der Waals surface area contributed by atoms with Crippen LogP contribution in [0.25, 0.3) is 0 Å². The van der Waals surface area contributed by atoms with Crippen LogP contribution in [0.5, 0.6) is 0 Å². The molecule has 0 aromatic heterocycles. The van der Waals surface area contributed by atoms with E-state index in [-0.39, 0.29) is 6.42 Å². The first kappa shape index (κ1) is 14.0. The Kier molecular flexibility index (Phi) is 5.19. The van der Waals surface area contributed by atoms with Crippen LogP contribution in [-0.2, 0) is 23.4 Å². The minimum absolute atomic E-state index is 0.167. The summed E-state index contributed by atoms with van der Waals surface area (Å²) in [5.41, 5.74) is 0. The third kappa shape index (κ3) is 2.75. The summed E-state index contributed by atoms with van der Waals surface area (Å²) in [6.45, 7) is 1.61. The van der Waals surface area contributed by atoms with Crippen molar-refractivity contribution in [3.05, 3.63) is 0 Å². The average molecular weight is 244 g/mol. The highest BCUT2D eigenvalue weighted by Crippen LogP contribution is 2.20. The van der Waals surface area contributed by atoms with Crippen LogP contribution >= 0.6 is 0 Å². The highest BCUT2D eigenvalue weighted by molar-refractivity contribution is 7.88. The van der Waals surface area contributed by atoms with E-state index < -0.39 is 23.8 Å². The molecule has 0 saturated heterocycles. The normalized spacial score (nSPS) is 15.5. The van der Waals surface area contributed by atoms with Crippen molar-refractivity contribution in [3.8, 4) is 0 Å². The monoisotopic (exact) mass is 244 g/mol. The maximum atomic E-state index is 11.0. The Morgan fingerprint density at radius 1 is 1.21 bits per heavy atom. The third-order valence-corrected chi connectivity index (χ3v) is 7.69. The molecule has 0 spiro atoms. The number of hydrogen-bond acceptors (Lipinski definition) is 5. The molecule has 0 rings (SSSR count). The zero-order valence-electron chi connectivity index (χ0n) is 8.68. The summed E-state index contributed by atoms with van der Waals surface area (Å²) in [6.07, 6.45) is 0.167. The Balaban J connectivity index is 5.15. The quantitative estimate of drug-likeness (QED) is 0.526. The van der Waals surface area contributed by atoms with Crippen molar-refractivity contribution in [2.24, 2.45) is 0 Å².